The van der Waals surface area contributed by atoms with Gasteiger partial charge in [0.25, 0.3) is 0 Å². The lowest BCUT2D eigenvalue weighted by molar-refractivity contribution is 0.551. The van der Waals surface area contributed by atoms with E-state index in [9.17, 15) is 8.78 Å². The van der Waals surface area contributed by atoms with Crippen molar-refractivity contribution in [3.8, 4) is 0 Å². The first-order chi connectivity index (χ1) is 8.22. The predicted octanol–water partition coefficient (Wildman–Crippen LogP) is 2.67. The normalized spacial score (nSPS) is 12.4. The van der Waals surface area contributed by atoms with Crippen molar-refractivity contribution in [3.63, 3.8) is 0 Å². The highest BCUT2D eigenvalue weighted by atomic mass is 19.1. The van der Waals surface area contributed by atoms with Crippen molar-refractivity contribution in [2.24, 2.45) is 0 Å². The molecule has 2 rings (SSSR count). The van der Waals surface area contributed by atoms with Crippen molar-refractivity contribution in [2.75, 3.05) is 7.05 Å². The molecule has 1 aromatic heterocycles. The number of hydrogen-bond donors (Lipinski definition) is 1. The van der Waals surface area contributed by atoms with E-state index in [0.717, 1.165) is 11.6 Å². The molecule has 1 N–H and O–H groups in total. The first kappa shape index (κ1) is 11.7. The lowest BCUT2D eigenvalue weighted by Gasteiger charge is -2.17. The first-order valence-electron chi connectivity index (χ1n) is 5.24. The molecule has 88 valence electrons. The topological polar surface area (TPSA) is 24.9 Å². The number of halogens is 2. The quantitative estimate of drug-likeness (QED) is 0.883. The Hall–Kier alpha value is -1.81. The van der Waals surface area contributed by atoms with Crippen LogP contribution in [0.2, 0.25) is 0 Å². The maximum atomic E-state index is 13.7. The summed E-state index contributed by atoms with van der Waals surface area (Å²) in [7, 11) is 1.72. The second-order valence-electron chi connectivity index (χ2n) is 3.67. The number of hydrogen-bond acceptors (Lipinski definition) is 2. The van der Waals surface area contributed by atoms with E-state index in [-0.39, 0.29) is 6.04 Å². The molecular formula is C13H12F2N2. The van der Waals surface area contributed by atoms with E-state index < -0.39 is 11.6 Å². The van der Waals surface area contributed by atoms with Crippen LogP contribution >= 0.6 is 0 Å². The zero-order valence-electron chi connectivity index (χ0n) is 9.32. The largest absolute Gasteiger partial charge is 0.309 e. The Morgan fingerprint density at radius 2 is 2.06 bits per heavy atom. The van der Waals surface area contributed by atoms with Gasteiger partial charge in [-0.3, -0.25) is 4.98 Å². The number of aromatic nitrogens is 1. The predicted molar refractivity (Wildman–Crippen MR) is 61.5 cm³/mol. The molecular weight excluding hydrogens is 222 g/mol. The van der Waals surface area contributed by atoms with Crippen LogP contribution in [-0.4, -0.2) is 12.0 Å². The van der Waals surface area contributed by atoms with Gasteiger partial charge < -0.3 is 5.32 Å². The number of rotatable bonds is 3. The van der Waals surface area contributed by atoms with Gasteiger partial charge in [0.2, 0.25) is 0 Å². The van der Waals surface area contributed by atoms with E-state index in [1.54, 1.807) is 25.5 Å². The van der Waals surface area contributed by atoms with E-state index in [2.05, 4.69) is 10.3 Å². The van der Waals surface area contributed by atoms with Gasteiger partial charge in [0.1, 0.15) is 11.6 Å². The molecule has 0 aliphatic rings. The average molecular weight is 234 g/mol. The molecule has 0 saturated heterocycles. The van der Waals surface area contributed by atoms with Crippen LogP contribution in [0.1, 0.15) is 17.2 Å². The summed E-state index contributed by atoms with van der Waals surface area (Å²) < 4.78 is 26.5. The lowest BCUT2D eigenvalue weighted by atomic mass is 10.00. The number of pyridine rings is 1. The standard InChI is InChI=1S/C13H12F2N2/c1-16-13(9-3-2-6-17-8-9)11-5-4-10(14)7-12(11)15/h2-8,13,16H,1H3/t13-/m1/s1. The highest BCUT2D eigenvalue weighted by molar-refractivity contribution is 5.31. The number of nitrogens with zero attached hydrogens (tertiary/aromatic N) is 1. The average Bonchev–Trinajstić information content (AvgIpc) is 2.34. The van der Waals surface area contributed by atoms with Crippen molar-refractivity contribution in [1.82, 2.24) is 10.3 Å². The van der Waals surface area contributed by atoms with Crippen LogP contribution in [0.25, 0.3) is 0 Å². The van der Waals surface area contributed by atoms with E-state index >= 15 is 0 Å². The zero-order valence-corrected chi connectivity index (χ0v) is 9.32. The summed E-state index contributed by atoms with van der Waals surface area (Å²) in [6.07, 6.45) is 3.31. The van der Waals surface area contributed by atoms with Gasteiger partial charge in [-0.05, 0) is 24.7 Å². The van der Waals surface area contributed by atoms with Crippen LogP contribution in [0.5, 0.6) is 0 Å². The summed E-state index contributed by atoms with van der Waals surface area (Å²) in [5.41, 5.74) is 1.24. The maximum absolute atomic E-state index is 13.7. The Bertz CT molecular complexity index is 500. The maximum Gasteiger partial charge on any atom is 0.131 e. The SMILES string of the molecule is CN[C@H](c1cccnc1)c1ccc(F)cc1F. The van der Waals surface area contributed by atoms with E-state index in [1.807, 2.05) is 6.07 Å². The Morgan fingerprint density at radius 1 is 1.24 bits per heavy atom. The van der Waals surface area contributed by atoms with Gasteiger partial charge in [-0.25, -0.2) is 8.78 Å². The fraction of sp³-hybridized carbons (Fsp3) is 0.154. The lowest BCUT2D eigenvalue weighted by Crippen LogP contribution is -2.19. The van der Waals surface area contributed by atoms with Gasteiger partial charge in [0.15, 0.2) is 0 Å². The summed E-state index contributed by atoms with van der Waals surface area (Å²) in [6.45, 7) is 0. The van der Waals surface area contributed by atoms with Gasteiger partial charge >= 0.3 is 0 Å². The van der Waals surface area contributed by atoms with Crippen LogP contribution in [-0.2, 0) is 0 Å². The Morgan fingerprint density at radius 3 is 2.65 bits per heavy atom. The van der Waals surface area contributed by atoms with Gasteiger partial charge in [-0.2, -0.15) is 0 Å². The third kappa shape index (κ3) is 2.47. The molecule has 0 aliphatic heterocycles. The van der Waals surface area contributed by atoms with Crippen LogP contribution in [0, 0.1) is 11.6 Å². The molecule has 17 heavy (non-hydrogen) atoms. The molecule has 1 aromatic carbocycles. The molecule has 0 fully saturated rings. The molecule has 0 aliphatic carbocycles. The van der Waals surface area contributed by atoms with Gasteiger partial charge in [-0.1, -0.05) is 12.1 Å². The minimum Gasteiger partial charge on any atom is -0.309 e. The summed E-state index contributed by atoms with van der Waals surface area (Å²) >= 11 is 0. The van der Waals surface area contributed by atoms with E-state index in [0.29, 0.717) is 5.56 Å². The highest BCUT2D eigenvalue weighted by Crippen LogP contribution is 2.23. The Balaban J connectivity index is 2.42. The second-order valence-corrected chi connectivity index (χ2v) is 3.67. The van der Waals surface area contributed by atoms with Gasteiger partial charge in [0.05, 0.1) is 6.04 Å². The van der Waals surface area contributed by atoms with Crippen LogP contribution in [0.15, 0.2) is 42.7 Å². The zero-order chi connectivity index (χ0) is 12.3. The van der Waals surface area contributed by atoms with Crippen LogP contribution in [0.4, 0.5) is 8.78 Å². The van der Waals surface area contributed by atoms with Crippen LogP contribution in [0.3, 0.4) is 0 Å². The highest BCUT2D eigenvalue weighted by Gasteiger charge is 2.16. The smallest absolute Gasteiger partial charge is 0.131 e. The van der Waals surface area contributed by atoms with E-state index in [4.69, 9.17) is 0 Å². The molecule has 0 bridgehead atoms. The molecule has 0 amide bonds. The fourth-order valence-corrected chi connectivity index (χ4v) is 1.78. The summed E-state index contributed by atoms with van der Waals surface area (Å²) in [5.74, 6) is -1.14. The van der Waals surface area contributed by atoms with Crippen molar-refractivity contribution >= 4 is 0 Å². The monoisotopic (exact) mass is 234 g/mol. The third-order valence-corrected chi connectivity index (χ3v) is 2.58. The molecule has 4 heteroatoms. The molecule has 2 nitrogen and oxygen atoms in total. The van der Waals surface area contributed by atoms with Crippen molar-refractivity contribution in [1.29, 1.82) is 0 Å². The molecule has 0 saturated carbocycles. The fourth-order valence-electron chi connectivity index (χ4n) is 1.78. The van der Waals surface area contributed by atoms with Gasteiger partial charge in [0, 0.05) is 24.0 Å². The van der Waals surface area contributed by atoms with Crippen molar-refractivity contribution < 1.29 is 8.78 Å². The van der Waals surface area contributed by atoms with E-state index in [1.165, 1.54) is 12.1 Å². The summed E-state index contributed by atoms with van der Waals surface area (Å²) in [4.78, 5) is 3.99. The molecule has 0 radical (unpaired) electrons. The van der Waals surface area contributed by atoms with Gasteiger partial charge in [-0.15, -0.1) is 0 Å². The summed E-state index contributed by atoms with van der Waals surface area (Å²) in [6, 6.07) is 6.87. The van der Waals surface area contributed by atoms with Crippen LogP contribution < -0.4 is 5.32 Å². The minimum absolute atomic E-state index is 0.329. The van der Waals surface area contributed by atoms with Crippen molar-refractivity contribution in [2.45, 2.75) is 6.04 Å². The molecule has 1 atom stereocenters. The first-order valence-corrected chi connectivity index (χ1v) is 5.24. The second kappa shape index (κ2) is 5.01. The number of nitrogens with one attached hydrogen (secondary N) is 1. The molecule has 1 heterocycles. The third-order valence-electron chi connectivity index (χ3n) is 2.58. The Kier molecular flexibility index (Phi) is 3.44. The minimum atomic E-state index is -0.577. The number of benzene rings is 1. The summed E-state index contributed by atoms with van der Waals surface area (Å²) in [5, 5.41) is 2.99. The van der Waals surface area contributed by atoms with Crippen molar-refractivity contribution in [3.05, 3.63) is 65.5 Å². The Labute approximate surface area is 98.3 Å². The molecule has 0 unspecified atom stereocenters. The molecule has 0 spiro atoms. The molecule has 2 aromatic rings.